The van der Waals surface area contributed by atoms with Crippen molar-refractivity contribution < 1.29 is 9.53 Å². The van der Waals surface area contributed by atoms with Crippen LogP contribution in [0.25, 0.3) is 0 Å². The maximum Gasteiger partial charge on any atom is 0.338 e. The molecule has 7 heteroatoms. The first kappa shape index (κ1) is 24.9. The number of nitrogens with two attached hydrogens (primary N) is 1. The van der Waals surface area contributed by atoms with E-state index in [1.807, 2.05) is 18.2 Å². The van der Waals surface area contributed by atoms with Gasteiger partial charge in [0.25, 0.3) is 0 Å². The van der Waals surface area contributed by atoms with Crippen molar-refractivity contribution >= 4 is 11.8 Å². The summed E-state index contributed by atoms with van der Waals surface area (Å²) in [6, 6.07) is 10.0. The van der Waals surface area contributed by atoms with E-state index < -0.39 is 0 Å². The molecule has 7 nitrogen and oxygen atoms in total. The van der Waals surface area contributed by atoms with Gasteiger partial charge in [-0.05, 0) is 80.4 Å². The van der Waals surface area contributed by atoms with Crippen LogP contribution in [-0.4, -0.2) is 55.1 Å². The molecule has 0 aliphatic carbocycles. The van der Waals surface area contributed by atoms with Crippen LogP contribution >= 0.6 is 0 Å². The first-order chi connectivity index (χ1) is 17.0. The van der Waals surface area contributed by atoms with Gasteiger partial charge in [0.2, 0.25) is 0 Å². The average molecular weight is 474 g/mol. The summed E-state index contributed by atoms with van der Waals surface area (Å²) in [7, 11) is 0. The second-order valence-electron chi connectivity index (χ2n) is 9.76. The van der Waals surface area contributed by atoms with Crippen LogP contribution in [0.15, 0.2) is 43.1 Å². The number of ether oxygens (including phenoxy) is 1. The molecule has 0 unspecified atom stereocenters. The summed E-state index contributed by atoms with van der Waals surface area (Å²) < 4.78 is 5.19. The van der Waals surface area contributed by atoms with E-state index in [2.05, 4.69) is 40.4 Å². The monoisotopic (exact) mass is 473 g/mol. The third-order valence-corrected chi connectivity index (χ3v) is 7.70. The first-order valence-corrected chi connectivity index (χ1v) is 12.4. The molecular formula is C28H35N5O2. The number of fused-ring (bicyclic) bond motifs is 1. The Hall–Kier alpha value is -3.21. The van der Waals surface area contributed by atoms with Crippen molar-refractivity contribution in [3.8, 4) is 6.07 Å². The minimum absolute atomic E-state index is 0.187. The topological polar surface area (TPSA) is 95.5 Å². The molecule has 0 bridgehead atoms. The minimum atomic E-state index is -0.187. The highest BCUT2D eigenvalue weighted by Crippen LogP contribution is 2.41. The molecule has 2 N–H and O–H groups in total. The number of nitrogens with zero attached hydrogens (tertiary/aromatic N) is 4. The highest BCUT2D eigenvalue weighted by Gasteiger charge is 2.40. The van der Waals surface area contributed by atoms with Gasteiger partial charge in [-0.1, -0.05) is 12.1 Å². The molecule has 0 amide bonds. The van der Waals surface area contributed by atoms with Crippen molar-refractivity contribution in [2.45, 2.75) is 39.2 Å². The second-order valence-corrected chi connectivity index (χ2v) is 9.76. The highest BCUT2D eigenvalue weighted by atomic mass is 16.5. The lowest BCUT2D eigenvalue weighted by Crippen LogP contribution is -2.42. The van der Waals surface area contributed by atoms with Crippen LogP contribution in [0.2, 0.25) is 0 Å². The predicted octanol–water partition coefficient (Wildman–Crippen LogP) is 3.60. The van der Waals surface area contributed by atoms with E-state index >= 15 is 0 Å². The number of esters is 1. The zero-order chi connectivity index (χ0) is 24.8. The molecule has 4 heterocycles. The molecule has 2 aromatic rings. The lowest BCUT2D eigenvalue weighted by molar-refractivity contribution is 0.0535. The number of piperidine rings is 1. The standard InChI is InChI=1S/C25H28N4O2.C3H7N/c1-18-20(3-4-21-22(18)16-31-24(21)30)6-10-28-11-7-25(8-12-28)9-13-29(17-25)23-5-2-19(14-26)15-27-23;1-2-3-4/h2-5,15H,6-13,16-17H2,1H3;2H,1,3-4H2. The smallest absolute Gasteiger partial charge is 0.338 e. The van der Waals surface area contributed by atoms with Gasteiger partial charge >= 0.3 is 5.97 Å². The summed E-state index contributed by atoms with van der Waals surface area (Å²) in [6.07, 6.45) is 8.02. The number of pyridine rings is 1. The number of likely N-dealkylation sites (tertiary alicyclic amines) is 1. The van der Waals surface area contributed by atoms with Crippen LogP contribution in [0, 0.1) is 23.7 Å². The molecule has 5 rings (SSSR count). The number of hydrogen-bond donors (Lipinski definition) is 1. The molecule has 1 aromatic heterocycles. The fourth-order valence-electron chi connectivity index (χ4n) is 5.38. The fourth-order valence-corrected chi connectivity index (χ4v) is 5.38. The van der Waals surface area contributed by atoms with Crippen molar-refractivity contribution in [1.29, 1.82) is 5.26 Å². The molecule has 2 saturated heterocycles. The van der Waals surface area contributed by atoms with E-state index in [0.717, 1.165) is 56.1 Å². The van der Waals surface area contributed by atoms with Gasteiger partial charge in [0.05, 0.1) is 11.1 Å². The van der Waals surface area contributed by atoms with E-state index in [4.69, 9.17) is 15.7 Å². The van der Waals surface area contributed by atoms with Gasteiger partial charge in [-0.15, -0.1) is 6.58 Å². The first-order valence-electron chi connectivity index (χ1n) is 12.4. The van der Waals surface area contributed by atoms with Crippen LogP contribution in [0.1, 0.15) is 51.9 Å². The number of nitriles is 1. The quantitative estimate of drug-likeness (QED) is 0.524. The maximum atomic E-state index is 11.7. The summed E-state index contributed by atoms with van der Waals surface area (Å²) in [5.41, 5.74) is 10.3. The van der Waals surface area contributed by atoms with Gasteiger partial charge in [0.1, 0.15) is 18.5 Å². The van der Waals surface area contributed by atoms with Crippen LogP contribution in [0.4, 0.5) is 5.82 Å². The summed E-state index contributed by atoms with van der Waals surface area (Å²) in [5, 5.41) is 8.97. The largest absolute Gasteiger partial charge is 0.457 e. The third-order valence-electron chi connectivity index (χ3n) is 7.70. The Bertz CT molecular complexity index is 1100. The molecule has 1 spiro atoms. The Kier molecular flexibility index (Phi) is 7.84. The van der Waals surface area contributed by atoms with Crippen LogP contribution in [-0.2, 0) is 17.8 Å². The third kappa shape index (κ3) is 5.55. The maximum absolute atomic E-state index is 11.7. The van der Waals surface area contributed by atoms with Crippen LogP contribution in [0.3, 0.4) is 0 Å². The van der Waals surface area contributed by atoms with Gasteiger partial charge in [-0.25, -0.2) is 9.78 Å². The molecular weight excluding hydrogens is 438 g/mol. The van der Waals surface area contributed by atoms with Gasteiger partial charge in [-0.3, -0.25) is 0 Å². The van der Waals surface area contributed by atoms with E-state index in [0.29, 0.717) is 24.1 Å². The molecule has 1 aromatic carbocycles. The summed E-state index contributed by atoms with van der Waals surface area (Å²) in [5.74, 6) is 0.806. The predicted molar refractivity (Wildman–Crippen MR) is 137 cm³/mol. The summed E-state index contributed by atoms with van der Waals surface area (Å²) in [4.78, 5) is 21.2. The Labute approximate surface area is 208 Å². The lowest BCUT2D eigenvalue weighted by atomic mass is 9.77. The fraction of sp³-hybridized carbons (Fsp3) is 0.464. The number of rotatable bonds is 5. The number of aromatic nitrogens is 1. The zero-order valence-electron chi connectivity index (χ0n) is 20.6. The molecule has 2 fully saturated rings. The molecule has 35 heavy (non-hydrogen) atoms. The number of cyclic esters (lactones) is 1. The minimum Gasteiger partial charge on any atom is -0.457 e. The van der Waals surface area contributed by atoms with E-state index in [1.165, 1.54) is 30.4 Å². The number of hydrogen-bond acceptors (Lipinski definition) is 7. The normalized spacial score (nSPS) is 18.4. The molecule has 0 saturated carbocycles. The number of carbonyl (C=O) groups excluding carboxylic acids is 1. The summed E-state index contributed by atoms with van der Waals surface area (Å²) in [6.45, 7) is 11.9. The number of benzene rings is 1. The van der Waals surface area contributed by atoms with Crippen molar-refractivity contribution in [3.05, 3.63) is 70.9 Å². The molecule has 0 atom stereocenters. The van der Waals surface area contributed by atoms with Crippen molar-refractivity contribution in [2.75, 3.05) is 44.2 Å². The second kappa shape index (κ2) is 11.0. The average Bonchev–Trinajstić information content (AvgIpc) is 3.49. The molecule has 3 aliphatic heterocycles. The SMILES string of the molecule is C=CCN.Cc1c(CCN2CCC3(CC2)CCN(c2ccc(C#N)cn2)C3)ccc2c1COC2=O. The van der Waals surface area contributed by atoms with Crippen molar-refractivity contribution in [1.82, 2.24) is 9.88 Å². The van der Waals surface area contributed by atoms with Crippen molar-refractivity contribution in [3.63, 3.8) is 0 Å². The Balaban J connectivity index is 0.000000672. The Morgan fingerprint density at radius 3 is 2.63 bits per heavy atom. The summed E-state index contributed by atoms with van der Waals surface area (Å²) >= 11 is 0. The Morgan fingerprint density at radius 2 is 1.97 bits per heavy atom. The zero-order valence-corrected chi connectivity index (χ0v) is 20.6. The van der Waals surface area contributed by atoms with Gasteiger partial charge in [0.15, 0.2) is 0 Å². The van der Waals surface area contributed by atoms with Crippen LogP contribution in [0.5, 0.6) is 0 Å². The van der Waals surface area contributed by atoms with Crippen molar-refractivity contribution in [2.24, 2.45) is 11.1 Å². The van der Waals surface area contributed by atoms with E-state index in [9.17, 15) is 4.79 Å². The highest BCUT2D eigenvalue weighted by molar-refractivity contribution is 5.93. The molecule has 184 valence electrons. The Morgan fingerprint density at radius 1 is 1.23 bits per heavy atom. The number of carbonyl (C=O) groups is 1. The van der Waals surface area contributed by atoms with E-state index in [-0.39, 0.29) is 5.97 Å². The molecule has 3 aliphatic rings. The van der Waals surface area contributed by atoms with Crippen LogP contribution < -0.4 is 10.6 Å². The lowest BCUT2D eigenvalue weighted by Gasteiger charge is -2.39. The number of anilines is 1. The van der Waals surface area contributed by atoms with Gasteiger partial charge in [-0.2, -0.15) is 5.26 Å². The van der Waals surface area contributed by atoms with Gasteiger partial charge in [0, 0.05) is 37.9 Å². The molecule has 0 radical (unpaired) electrons. The van der Waals surface area contributed by atoms with Gasteiger partial charge < -0.3 is 20.3 Å². The van der Waals surface area contributed by atoms with E-state index in [1.54, 1.807) is 12.3 Å².